The third-order valence-corrected chi connectivity index (χ3v) is 3.89. The van der Waals surface area contributed by atoms with Gasteiger partial charge in [0.25, 0.3) is 0 Å². The van der Waals surface area contributed by atoms with Crippen LogP contribution in [0.4, 0.5) is 0 Å². The maximum absolute atomic E-state index is 12.4. The molecule has 0 aliphatic heterocycles. The van der Waals surface area contributed by atoms with Crippen molar-refractivity contribution in [3.8, 4) is 0 Å². The number of carbonyl (C=O) groups excluding carboxylic acids is 2. The molecule has 0 heterocycles. The third-order valence-electron chi connectivity index (χ3n) is 3.89. The van der Waals surface area contributed by atoms with Gasteiger partial charge in [0, 0.05) is 25.9 Å². The Bertz CT molecular complexity index is 554. The summed E-state index contributed by atoms with van der Waals surface area (Å²) in [7, 11) is 1.77. The van der Waals surface area contributed by atoms with Gasteiger partial charge in [0.1, 0.15) is 0 Å². The van der Waals surface area contributed by atoms with Gasteiger partial charge in [-0.2, -0.15) is 0 Å². The molecule has 0 saturated heterocycles. The predicted octanol–water partition coefficient (Wildman–Crippen LogP) is 3.48. The van der Waals surface area contributed by atoms with Gasteiger partial charge in [-0.15, -0.1) is 13.2 Å². The lowest BCUT2D eigenvalue weighted by atomic mass is 10.0. The molecule has 0 saturated carbocycles. The summed E-state index contributed by atoms with van der Waals surface area (Å²) in [5, 5.41) is 3.02. The van der Waals surface area contributed by atoms with Gasteiger partial charge < -0.3 is 10.2 Å². The first-order valence-electron chi connectivity index (χ1n) is 8.30. The van der Waals surface area contributed by atoms with Crippen LogP contribution in [-0.2, 0) is 9.59 Å². The van der Waals surface area contributed by atoms with E-state index in [9.17, 15) is 9.59 Å². The van der Waals surface area contributed by atoms with Crippen molar-refractivity contribution in [2.45, 2.75) is 32.2 Å². The van der Waals surface area contributed by atoms with Crippen molar-refractivity contribution < 1.29 is 9.59 Å². The summed E-state index contributed by atoms with van der Waals surface area (Å²) in [6.07, 6.45) is 5.16. The highest BCUT2D eigenvalue weighted by Crippen LogP contribution is 2.16. The highest BCUT2D eigenvalue weighted by molar-refractivity contribution is 5.79. The van der Waals surface area contributed by atoms with Crippen molar-refractivity contribution in [2.24, 2.45) is 5.92 Å². The third kappa shape index (κ3) is 6.41. The molecular formula is C20H28N2O2. The van der Waals surface area contributed by atoms with Gasteiger partial charge in [-0.1, -0.05) is 49.4 Å². The Labute approximate surface area is 145 Å². The number of rotatable bonds is 10. The van der Waals surface area contributed by atoms with Crippen LogP contribution < -0.4 is 5.32 Å². The van der Waals surface area contributed by atoms with Gasteiger partial charge in [0.2, 0.25) is 11.8 Å². The summed E-state index contributed by atoms with van der Waals surface area (Å²) in [4.78, 5) is 26.2. The van der Waals surface area contributed by atoms with Gasteiger partial charge in [0.05, 0.1) is 6.04 Å². The molecule has 1 aromatic rings. The van der Waals surface area contributed by atoms with Crippen LogP contribution >= 0.6 is 0 Å². The van der Waals surface area contributed by atoms with Crippen molar-refractivity contribution in [3.05, 3.63) is 61.2 Å². The maximum atomic E-state index is 12.4. The molecule has 4 nitrogen and oxygen atoms in total. The molecule has 1 rings (SSSR count). The normalized spacial score (nSPS) is 12.8. The Hall–Kier alpha value is -2.36. The van der Waals surface area contributed by atoms with Crippen molar-refractivity contribution in [1.82, 2.24) is 10.2 Å². The zero-order valence-corrected chi connectivity index (χ0v) is 14.7. The standard InChI is InChI=1S/C20H28N2O2/c1-5-7-14-19(23)21-18(17-12-9-8-10-13-17)15-22(4)20(24)16(3)11-6-2/h5-6,8-10,12-13,16,18H,1-2,7,11,14-15H2,3-4H3,(H,21,23)/t16-,18-/m1/s1. The van der Waals surface area contributed by atoms with Crippen molar-refractivity contribution >= 4 is 11.8 Å². The van der Waals surface area contributed by atoms with Crippen LogP contribution in [0.25, 0.3) is 0 Å². The molecule has 0 fully saturated rings. The van der Waals surface area contributed by atoms with Crippen LogP contribution in [0.1, 0.15) is 37.8 Å². The summed E-state index contributed by atoms with van der Waals surface area (Å²) >= 11 is 0. The van der Waals surface area contributed by atoms with Crippen LogP contribution in [-0.4, -0.2) is 30.3 Å². The van der Waals surface area contributed by atoms with Crippen LogP contribution in [0, 0.1) is 5.92 Å². The number of allylic oxidation sites excluding steroid dienone is 2. The second-order valence-electron chi connectivity index (χ2n) is 6.00. The number of likely N-dealkylation sites (N-methyl/N-ethyl adjacent to an activating group) is 1. The molecule has 0 radical (unpaired) electrons. The van der Waals surface area contributed by atoms with Gasteiger partial charge >= 0.3 is 0 Å². The molecule has 0 aromatic heterocycles. The molecule has 2 atom stereocenters. The molecule has 0 unspecified atom stereocenters. The van der Waals surface area contributed by atoms with E-state index in [2.05, 4.69) is 18.5 Å². The molecular weight excluding hydrogens is 300 g/mol. The zero-order chi connectivity index (χ0) is 17.9. The molecule has 1 aromatic carbocycles. The van der Waals surface area contributed by atoms with E-state index in [4.69, 9.17) is 0 Å². The van der Waals surface area contributed by atoms with E-state index >= 15 is 0 Å². The van der Waals surface area contributed by atoms with E-state index < -0.39 is 0 Å². The highest BCUT2D eigenvalue weighted by Gasteiger charge is 2.22. The van der Waals surface area contributed by atoms with E-state index in [1.54, 1.807) is 24.1 Å². The minimum atomic E-state index is -0.228. The molecule has 0 aliphatic rings. The van der Waals surface area contributed by atoms with Gasteiger partial charge in [-0.3, -0.25) is 9.59 Å². The molecule has 24 heavy (non-hydrogen) atoms. The fourth-order valence-electron chi connectivity index (χ4n) is 2.51. The number of nitrogens with zero attached hydrogens (tertiary/aromatic N) is 1. The Kier molecular flexibility index (Phi) is 8.55. The Balaban J connectivity index is 2.81. The molecule has 0 spiro atoms. The number of benzene rings is 1. The predicted molar refractivity (Wildman–Crippen MR) is 98.4 cm³/mol. The first-order valence-corrected chi connectivity index (χ1v) is 8.30. The summed E-state index contributed by atoms with van der Waals surface area (Å²) in [6.45, 7) is 9.64. The van der Waals surface area contributed by atoms with Crippen molar-refractivity contribution in [3.63, 3.8) is 0 Å². The summed E-state index contributed by atoms with van der Waals surface area (Å²) in [5.74, 6) is -0.0969. The van der Waals surface area contributed by atoms with E-state index in [1.807, 2.05) is 37.3 Å². The smallest absolute Gasteiger partial charge is 0.225 e. The number of amides is 2. The Morgan fingerprint density at radius 1 is 1.21 bits per heavy atom. The number of carbonyl (C=O) groups is 2. The lowest BCUT2D eigenvalue weighted by Crippen LogP contribution is -2.40. The van der Waals surface area contributed by atoms with Gasteiger partial charge in [-0.25, -0.2) is 0 Å². The molecule has 2 amide bonds. The molecule has 0 aliphatic carbocycles. The largest absolute Gasteiger partial charge is 0.347 e. The topological polar surface area (TPSA) is 49.4 Å². The number of hydrogen-bond acceptors (Lipinski definition) is 2. The van der Waals surface area contributed by atoms with E-state index in [-0.39, 0.29) is 23.8 Å². The van der Waals surface area contributed by atoms with Crippen molar-refractivity contribution in [1.29, 1.82) is 0 Å². The Morgan fingerprint density at radius 2 is 1.88 bits per heavy atom. The average molecular weight is 328 g/mol. The van der Waals surface area contributed by atoms with Crippen molar-refractivity contribution in [2.75, 3.05) is 13.6 Å². The molecule has 4 heteroatoms. The SMILES string of the molecule is C=CCCC(=O)N[C@H](CN(C)C(=O)[C@H](C)CC=C)c1ccccc1. The number of nitrogens with one attached hydrogen (secondary N) is 1. The minimum absolute atomic E-state index is 0.0382. The number of hydrogen-bond donors (Lipinski definition) is 1. The van der Waals surface area contributed by atoms with E-state index in [1.165, 1.54) is 0 Å². The lowest BCUT2D eigenvalue weighted by Gasteiger charge is -2.27. The quantitative estimate of drug-likeness (QED) is 0.669. The average Bonchev–Trinajstić information content (AvgIpc) is 2.59. The maximum Gasteiger partial charge on any atom is 0.225 e. The van der Waals surface area contributed by atoms with Gasteiger partial charge in [0.15, 0.2) is 0 Å². The van der Waals surface area contributed by atoms with E-state index in [0.717, 1.165) is 5.56 Å². The first kappa shape index (κ1) is 19.7. The molecule has 130 valence electrons. The van der Waals surface area contributed by atoms with E-state index in [0.29, 0.717) is 25.8 Å². The molecule has 0 bridgehead atoms. The zero-order valence-electron chi connectivity index (χ0n) is 14.7. The Morgan fingerprint density at radius 3 is 2.46 bits per heavy atom. The fraction of sp³-hybridized carbons (Fsp3) is 0.400. The first-order chi connectivity index (χ1) is 11.5. The summed E-state index contributed by atoms with van der Waals surface area (Å²) < 4.78 is 0. The van der Waals surface area contributed by atoms with Crippen LogP contribution in [0.2, 0.25) is 0 Å². The second kappa shape index (κ2) is 10.4. The highest BCUT2D eigenvalue weighted by atomic mass is 16.2. The van der Waals surface area contributed by atoms with Crippen LogP contribution in [0.15, 0.2) is 55.6 Å². The lowest BCUT2D eigenvalue weighted by molar-refractivity contribution is -0.134. The summed E-state index contributed by atoms with van der Waals surface area (Å²) in [5.41, 5.74) is 0.987. The molecule has 1 N–H and O–H groups in total. The monoisotopic (exact) mass is 328 g/mol. The summed E-state index contributed by atoms with van der Waals surface area (Å²) in [6, 6.07) is 9.49. The fourth-order valence-corrected chi connectivity index (χ4v) is 2.51. The minimum Gasteiger partial charge on any atom is -0.347 e. The second-order valence-corrected chi connectivity index (χ2v) is 6.00. The van der Waals surface area contributed by atoms with Gasteiger partial charge in [-0.05, 0) is 18.4 Å². The van der Waals surface area contributed by atoms with Crippen LogP contribution in [0.5, 0.6) is 0 Å². The van der Waals surface area contributed by atoms with Crippen LogP contribution in [0.3, 0.4) is 0 Å².